The highest BCUT2D eigenvalue weighted by atomic mass is 16.2. The smallest absolute Gasteiger partial charge is 0.254 e. The van der Waals surface area contributed by atoms with E-state index in [0.717, 1.165) is 29.9 Å². The van der Waals surface area contributed by atoms with Gasteiger partial charge < -0.3 is 10.2 Å². The van der Waals surface area contributed by atoms with Crippen molar-refractivity contribution in [2.24, 2.45) is 0 Å². The van der Waals surface area contributed by atoms with E-state index < -0.39 is 0 Å². The molecular weight excluding hydrogens is 262 g/mol. The topological polar surface area (TPSA) is 45.2 Å². The van der Waals surface area contributed by atoms with Crippen LogP contribution in [0, 0.1) is 0 Å². The van der Waals surface area contributed by atoms with Crippen molar-refractivity contribution in [3.05, 3.63) is 23.4 Å². The molecule has 21 heavy (non-hydrogen) atoms. The van der Waals surface area contributed by atoms with Gasteiger partial charge in [-0.1, -0.05) is 33.1 Å². The third kappa shape index (κ3) is 3.74. The summed E-state index contributed by atoms with van der Waals surface area (Å²) in [6.07, 6.45) is 6.02. The zero-order valence-electron chi connectivity index (χ0n) is 13.6. The van der Waals surface area contributed by atoms with Crippen LogP contribution in [0.1, 0.15) is 67.9 Å². The van der Waals surface area contributed by atoms with Gasteiger partial charge in [0.15, 0.2) is 0 Å². The Morgan fingerprint density at radius 1 is 1.29 bits per heavy atom. The average molecular weight is 289 g/mol. The molecule has 0 radical (unpaired) electrons. The van der Waals surface area contributed by atoms with Crippen LogP contribution in [0.25, 0.3) is 0 Å². The summed E-state index contributed by atoms with van der Waals surface area (Å²) in [4.78, 5) is 19.2. The fourth-order valence-electron chi connectivity index (χ4n) is 2.94. The number of aromatic nitrogens is 1. The molecule has 1 heterocycles. The Balaban J connectivity index is 2.22. The highest BCUT2D eigenvalue weighted by Gasteiger charge is 2.23. The number of hydrogen-bond acceptors (Lipinski definition) is 3. The van der Waals surface area contributed by atoms with Gasteiger partial charge in [-0.15, -0.1) is 0 Å². The monoisotopic (exact) mass is 289 g/mol. The van der Waals surface area contributed by atoms with Gasteiger partial charge in [-0.05, 0) is 30.9 Å². The molecule has 0 bridgehead atoms. The number of amides is 1. The SMILES string of the molecule is CNc1cc(C(=O)N(C)C2CCCCC2)cc(C(C)C)n1. The van der Waals surface area contributed by atoms with E-state index in [9.17, 15) is 4.79 Å². The Labute approximate surface area is 127 Å². The Morgan fingerprint density at radius 2 is 1.95 bits per heavy atom. The minimum Gasteiger partial charge on any atom is -0.373 e. The van der Waals surface area contributed by atoms with Crippen molar-refractivity contribution in [3.8, 4) is 0 Å². The third-order valence-electron chi connectivity index (χ3n) is 4.38. The molecule has 0 unspecified atom stereocenters. The Bertz CT molecular complexity index is 493. The summed E-state index contributed by atoms with van der Waals surface area (Å²) >= 11 is 0. The first-order valence-corrected chi connectivity index (χ1v) is 7.99. The molecule has 1 aliphatic carbocycles. The van der Waals surface area contributed by atoms with Crippen LogP contribution in [0.15, 0.2) is 12.1 Å². The largest absolute Gasteiger partial charge is 0.373 e. The molecular formula is C17H27N3O. The van der Waals surface area contributed by atoms with E-state index in [-0.39, 0.29) is 5.91 Å². The molecule has 4 heteroatoms. The summed E-state index contributed by atoms with van der Waals surface area (Å²) in [5, 5.41) is 3.05. The van der Waals surface area contributed by atoms with Crippen LogP contribution in [0.4, 0.5) is 5.82 Å². The zero-order valence-corrected chi connectivity index (χ0v) is 13.6. The van der Waals surface area contributed by atoms with Crippen molar-refractivity contribution >= 4 is 11.7 Å². The first-order valence-electron chi connectivity index (χ1n) is 7.99. The number of pyridine rings is 1. The minimum absolute atomic E-state index is 0.114. The van der Waals surface area contributed by atoms with Crippen molar-refractivity contribution in [3.63, 3.8) is 0 Å². The molecule has 1 aromatic rings. The zero-order chi connectivity index (χ0) is 15.4. The molecule has 116 valence electrons. The highest BCUT2D eigenvalue weighted by molar-refractivity contribution is 5.95. The van der Waals surface area contributed by atoms with Crippen LogP contribution < -0.4 is 5.32 Å². The number of hydrogen-bond donors (Lipinski definition) is 1. The van der Waals surface area contributed by atoms with E-state index in [1.54, 1.807) is 0 Å². The number of nitrogens with one attached hydrogen (secondary N) is 1. The average Bonchev–Trinajstić information content (AvgIpc) is 2.53. The molecule has 0 aliphatic heterocycles. The van der Waals surface area contributed by atoms with Crippen LogP contribution >= 0.6 is 0 Å². The van der Waals surface area contributed by atoms with Crippen molar-refractivity contribution in [1.82, 2.24) is 9.88 Å². The standard InChI is InChI=1S/C17H27N3O/c1-12(2)15-10-13(11-16(18-3)19-15)17(21)20(4)14-8-6-5-7-9-14/h10-12,14H,5-9H2,1-4H3,(H,18,19). The van der Waals surface area contributed by atoms with Gasteiger partial charge in [-0.25, -0.2) is 4.98 Å². The number of carbonyl (C=O) groups is 1. The van der Waals surface area contributed by atoms with E-state index in [1.165, 1.54) is 19.3 Å². The lowest BCUT2D eigenvalue weighted by atomic mass is 9.94. The van der Waals surface area contributed by atoms with E-state index >= 15 is 0 Å². The molecule has 1 amide bonds. The van der Waals surface area contributed by atoms with Gasteiger partial charge in [-0.3, -0.25) is 4.79 Å². The molecule has 0 aromatic carbocycles. The van der Waals surface area contributed by atoms with Gasteiger partial charge in [0.25, 0.3) is 5.91 Å². The Morgan fingerprint density at radius 3 is 2.52 bits per heavy atom. The van der Waals surface area contributed by atoms with Crippen molar-refractivity contribution in [1.29, 1.82) is 0 Å². The molecule has 2 rings (SSSR count). The normalized spacial score (nSPS) is 16.0. The first-order chi connectivity index (χ1) is 10.0. The number of carbonyl (C=O) groups excluding carboxylic acids is 1. The molecule has 0 saturated heterocycles. The summed E-state index contributed by atoms with van der Waals surface area (Å²) in [5.41, 5.74) is 1.70. The van der Waals surface area contributed by atoms with Gasteiger partial charge >= 0.3 is 0 Å². The van der Waals surface area contributed by atoms with Gasteiger partial charge in [-0.2, -0.15) is 0 Å². The molecule has 1 saturated carbocycles. The second-order valence-electron chi connectivity index (χ2n) is 6.28. The summed E-state index contributed by atoms with van der Waals surface area (Å²) < 4.78 is 0. The van der Waals surface area contributed by atoms with E-state index in [0.29, 0.717) is 12.0 Å². The van der Waals surface area contributed by atoms with Crippen LogP contribution in [0.2, 0.25) is 0 Å². The molecule has 1 aliphatic rings. The Hall–Kier alpha value is -1.58. The lowest BCUT2D eigenvalue weighted by molar-refractivity contribution is 0.0696. The van der Waals surface area contributed by atoms with Crippen LogP contribution in [-0.2, 0) is 0 Å². The molecule has 1 aromatic heterocycles. The molecule has 0 spiro atoms. The van der Waals surface area contributed by atoms with Crippen molar-refractivity contribution in [2.75, 3.05) is 19.4 Å². The summed E-state index contributed by atoms with van der Waals surface area (Å²) in [6, 6.07) is 4.18. The van der Waals surface area contributed by atoms with Crippen LogP contribution in [-0.4, -0.2) is 35.9 Å². The first kappa shape index (κ1) is 15.8. The van der Waals surface area contributed by atoms with Gasteiger partial charge in [0, 0.05) is 31.4 Å². The predicted molar refractivity (Wildman–Crippen MR) is 86.8 cm³/mol. The van der Waals surface area contributed by atoms with Crippen LogP contribution in [0.5, 0.6) is 0 Å². The van der Waals surface area contributed by atoms with Gasteiger partial charge in [0.05, 0.1) is 0 Å². The minimum atomic E-state index is 0.114. The summed E-state index contributed by atoms with van der Waals surface area (Å²) in [7, 11) is 3.78. The van der Waals surface area contributed by atoms with Crippen molar-refractivity contribution in [2.45, 2.75) is 57.9 Å². The lowest BCUT2D eigenvalue weighted by Crippen LogP contribution is -2.38. The maximum atomic E-state index is 12.8. The third-order valence-corrected chi connectivity index (χ3v) is 4.38. The van der Waals surface area contributed by atoms with E-state index in [1.807, 2.05) is 31.1 Å². The van der Waals surface area contributed by atoms with Gasteiger partial charge in [0.1, 0.15) is 5.82 Å². The van der Waals surface area contributed by atoms with E-state index in [4.69, 9.17) is 0 Å². The molecule has 0 atom stereocenters. The van der Waals surface area contributed by atoms with Crippen molar-refractivity contribution < 1.29 is 4.79 Å². The molecule has 4 nitrogen and oxygen atoms in total. The predicted octanol–water partition coefficient (Wildman–Crippen LogP) is 3.65. The molecule has 1 N–H and O–H groups in total. The lowest BCUT2D eigenvalue weighted by Gasteiger charge is -2.31. The Kier molecular flexibility index (Phi) is 5.21. The van der Waals surface area contributed by atoms with E-state index in [2.05, 4.69) is 24.1 Å². The maximum absolute atomic E-state index is 12.8. The molecule has 1 fully saturated rings. The quantitative estimate of drug-likeness (QED) is 0.920. The summed E-state index contributed by atoms with van der Waals surface area (Å²) in [5.74, 6) is 1.19. The van der Waals surface area contributed by atoms with Crippen LogP contribution in [0.3, 0.4) is 0 Å². The summed E-state index contributed by atoms with van der Waals surface area (Å²) in [6.45, 7) is 4.20. The number of nitrogens with zero attached hydrogens (tertiary/aromatic N) is 2. The fourth-order valence-corrected chi connectivity index (χ4v) is 2.94. The fraction of sp³-hybridized carbons (Fsp3) is 0.647. The second kappa shape index (κ2) is 6.92. The van der Waals surface area contributed by atoms with Gasteiger partial charge in [0.2, 0.25) is 0 Å². The highest BCUT2D eigenvalue weighted by Crippen LogP contribution is 2.24. The maximum Gasteiger partial charge on any atom is 0.254 e. The second-order valence-corrected chi connectivity index (χ2v) is 6.28. The number of anilines is 1. The number of rotatable bonds is 4.